The van der Waals surface area contributed by atoms with Gasteiger partial charge in [0.15, 0.2) is 6.61 Å². The van der Waals surface area contributed by atoms with Crippen LogP contribution in [0.5, 0.6) is 11.5 Å². The highest BCUT2D eigenvalue weighted by Gasteiger charge is 2.23. The van der Waals surface area contributed by atoms with Crippen LogP contribution < -0.4 is 14.4 Å². The van der Waals surface area contributed by atoms with E-state index in [0.717, 1.165) is 11.4 Å². The van der Waals surface area contributed by atoms with Crippen molar-refractivity contribution in [2.45, 2.75) is 0 Å². The quantitative estimate of drug-likeness (QED) is 0.672. The summed E-state index contributed by atoms with van der Waals surface area (Å²) in [5, 5.41) is 0.388. The number of halogens is 1. The van der Waals surface area contributed by atoms with Crippen molar-refractivity contribution in [3.63, 3.8) is 0 Å². The second-order valence-electron chi connectivity index (χ2n) is 6.49. The Bertz CT molecular complexity index is 864. The summed E-state index contributed by atoms with van der Waals surface area (Å²) < 4.78 is 15.5. The highest BCUT2D eigenvalue weighted by molar-refractivity contribution is 6.31. The zero-order valence-electron chi connectivity index (χ0n) is 16.4. The molecule has 0 bridgehead atoms. The first-order valence-corrected chi connectivity index (χ1v) is 9.57. The first-order valence-electron chi connectivity index (χ1n) is 9.19. The van der Waals surface area contributed by atoms with Crippen LogP contribution in [-0.4, -0.2) is 63.8 Å². The molecule has 1 aliphatic rings. The van der Waals surface area contributed by atoms with Crippen LogP contribution in [0.15, 0.2) is 42.5 Å². The van der Waals surface area contributed by atoms with Gasteiger partial charge in [-0.2, -0.15) is 0 Å². The molecule has 1 amide bonds. The molecule has 2 aromatic carbocycles. The molecule has 1 heterocycles. The fraction of sp³-hybridized carbons (Fsp3) is 0.333. The van der Waals surface area contributed by atoms with Crippen LogP contribution in [0.25, 0.3) is 0 Å². The molecule has 0 saturated carbocycles. The average Bonchev–Trinajstić information content (AvgIpc) is 2.77. The summed E-state index contributed by atoms with van der Waals surface area (Å²) in [7, 11) is 3.09. The van der Waals surface area contributed by atoms with Gasteiger partial charge in [0.25, 0.3) is 5.91 Å². The molecule has 1 saturated heterocycles. The number of nitrogens with zero attached hydrogens (tertiary/aromatic N) is 2. The molecule has 1 aliphatic heterocycles. The first kappa shape index (κ1) is 20.8. The lowest BCUT2D eigenvalue weighted by atomic mass is 10.2. The SMILES string of the molecule is COc1ccc(N2CCN(C(=O)COC(=O)c3cc(Cl)ccc3OC)CC2)cc1. The monoisotopic (exact) mass is 418 g/mol. The minimum Gasteiger partial charge on any atom is -0.497 e. The summed E-state index contributed by atoms with van der Waals surface area (Å²) in [6.07, 6.45) is 0. The minimum atomic E-state index is -0.644. The Hall–Kier alpha value is -2.93. The third kappa shape index (κ3) is 5.12. The van der Waals surface area contributed by atoms with Gasteiger partial charge in [0.05, 0.1) is 14.2 Å². The normalized spacial score (nSPS) is 13.8. The van der Waals surface area contributed by atoms with E-state index < -0.39 is 5.97 Å². The van der Waals surface area contributed by atoms with E-state index in [0.29, 0.717) is 37.0 Å². The predicted octanol–water partition coefficient (Wildman–Crippen LogP) is 2.86. The van der Waals surface area contributed by atoms with Crippen molar-refractivity contribution in [2.75, 3.05) is 51.9 Å². The van der Waals surface area contributed by atoms with Gasteiger partial charge in [-0.25, -0.2) is 4.79 Å². The largest absolute Gasteiger partial charge is 0.497 e. The first-order chi connectivity index (χ1) is 14.0. The van der Waals surface area contributed by atoms with E-state index in [4.69, 9.17) is 25.8 Å². The lowest BCUT2D eigenvalue weighted by molar-refractivity contribution is -0.134. The Morgan fingerprint density at radius 3 is 2.28 bits per heavy atom. The van der Waals surface area contributed by atoms with Crippen molar-refractivity contribution in [1.29, 1.82) is 0 Å². The fourth-order valence-corrected chi connectivity index (χ4v) is 3.32. The van der Waals surface area contributed by atoms with Crippen molar-refractivity contribution >= 4 is 29.2 Å². The van der Waals surface area contributed by atoms with Crippen LogP contribution >= 0.6 is 11.6 Å². The summed E-state index contributed by atoms with van der Waals surface area (Å²) in [6, 6.07) is 12.5. The Morgan fingerprint density at radius 1 is 0.966 bits per heavy atom. The van der Waals surface area contributed by atoms with Gasteiger partial charge < -0.3 is 24.0 Å². The number of benzene rings is 2. The summed E-state index contributed by atoms with van der Waals surface area (Å²) in [5.74, 6) is 0.281. The lowest BCUT2D eigenvalue weighted by Gasteiger charge is -2.36. The molecular formula is C21H23ClN2O5. The van der Waals surface area contributed by atoms with Gasteiger partial charge in [-0.1, -0.05) is 11.6 Å². The molecule has 0 radical (unpaired) electrons. The second kappa shape index (κ2) is 9.52. The van der Waals surface area contributed by atoms with Crippen molar-refractivity contribution < 1.29 is 23.8 Å². The van der Waals surface area contributed by atoms with E-state index in [1.165, 1.54) is 13.2 Å². The van der Waals surface area contributed by atoms with E-state index >= 15 is 0 Å². The van der Waals surface area contributed by atoms with Gasteiger partial charge >= 0.3 is 5.97 Å². The van der Waals surface area contributed by atoms with Gasteiger partial charge in [0.2, 0.25) is 0 Å². The van der Waals surface area contributed by atoms with Crippen molar-refractivity contribution in [3.05, 3.63) is 53.1 Å². The Labute approximate surface area is 174 Å². The van der Waals surface area contributed by atoms with E-state index in [2.05, 4.69) is 4.90 Å². The lowest BCUT2D eigenvalue weighted by Crippen LogP contribution is -2.49. The molecule has 0 unspecified atom stereocenters. The third-order valence-corrected chi connectivity index (χ3v) is 5.01. The van der Waals surface area contributed by atoms with Crippen molar-refractivity contribution in [2.24, 2.45) is 0 Å². The molecule has 2 aromatic rings. The van der Waals surface area contributed by atoms with E-state index in [9.17, 15) is 9.59 Å². The fourth-order valence-electron chi connectivity index (χ4n) is 3.14. The molecule has 7 nitrogen and oxygen atoms in total. The summed E-state index contributed by atoms with van der Waals surface area (Å²) in [6.45, 7) is 2.20. The number of esters is 1. The predicted molar refractivity (Wildman–Crippen MR) is 110 cm³/mol. The second-order valence-corrected chi connectivity index (χ2v) is 6.92. The van der Waals surface area contributed by atoms with Crippen LogP contribution in [0.2, 0.25) is 5.02 Å². The molecule has 154 valence electrons. The maximum atomic E-state index is 12.4. The number of piperazine rings is 1. The Kier molecular flexibility index (Phi) is 6.82. The zero-order valence-corrected chi connectivity index (χ0v) is 17.1. The Balaban J connectivity index is 1.51. The number of rotatable bonds is 6. The van der Waals surface area contributed by atoms with Crippen LogP contribution in [0.4, 0.5) is 5.69 Å². The van der Waals surface area contributed by atoms with Gasteiger partial charge in [-0.3, -0.25) is 4.79 Å². The third-order valence-electron chi connectivity index (χ3n) is 4.78. The highest BCUT2D eigenvalue weighted by atomic mass is 35.5. The number of hydrogen-bond acceptors (Lipinski definition) is 6. The number of amides is 1. The summed E-state index contributed by atoms with van der Waals surface area (Å²) in [4.78, 5) is 28.6. The van der Waals surface area contributed by atoms with Gasteiger partial charge in [-0.05, 0) is 42.5 Å². The molecule has 3 rings (SSSR count). The van der Waals surface area contributed by atoms with Crippen LogP contribution in [-0.2, 0) is 9.53 Å². The average molecular weight is 419 g/mol. The van der Waals surface area contributed by atoms with E-state index in [1.54, 1.807) is 24.1 Å². The standard InChI is InChI=1S/C21H23ClN2O5/c1-27-17-6-4-16(5-7-17)23-9-11-24(12-10-23)20(25)14-29-21(26)18-13-15(22)3-8-19(18)28-2/h3-8,13H,9-12,14H2,1-2H3. The van der Waals surface area contributed by atoms with Gasteiger partial charge in [-0.15, -0.1) is 0 Å². The minimum absolute atomic E-state index is 0.192. The summed E-state index contributed by atoms with van der Waals surface area (Å²) >= 11 is 5.93. The molecule has 29 heavy (non-hydrogen) atoms. The molecule has 0 atom stereocenters. The van der Waals surface area contributed by atoms with E-state index in [1.807, 2.05) is 24.3 Å². The molecule has 8 heteroatoms. The molecule has 0 aromatic heterocycles. The summed E-state index contributed by atoms with van der Waals surface area (Å²) in [5.41, 5.74) is 1.27. The molecular weight excluding hydrogens is 396 g/mol. The molecule has 0 spiro atoms. The maximum Gasteiger partial charge on any atom is 0.342 e. The molecule has 0 aliphatic carbocycles. The number of hydrogen-bond donors (Lipinski definition) is 0. The number of ether oxygens (including phenoxy) is 3. The van der Waals surface area contributed by atoms with Crippen molar-refractivity contribution in [3.8, 4) is 11.5 Å². The smallest absolute Gasteiger partial charge is 0.342 e. The molecule has 1 fully saturated rings. The van der Waals surface area contributed by atoms with Gasteiger partial charge in [0.1, 0.15) is 17.1 Å². The van der Waals surface area contributed by atoms with Crippen LogP contribution in [0.3, 0.4) is 0 Å². The maximum absolute atomic E-state index is 12.4. The van der Waals surface area contributed by atoms with Crippen molar-refractivity contribution in [1.82, 2.24) is 4.90 Å². The number of carbonyl (C=O) groups excluding carboxylic acids is 2. The zero-order chi connectivity index (χ0) is 20.8. The van der Waals surface area contributed by atoms with Gasteiger partial charge in [0, 0.05) is 36.9 Å². The number of methoxy groups -OCH3 is 2. The topological polar surface area (TPSA) is 68.3 Å². The number of anilines is 1. The Morgan fingerprint density at radius 2 is 1.66 bits per heavy atom. The molecule has 0 N–H and O–H groups in total. The number of carbonyl (C=O) groups is 2. The van der Waals surface area contributed by atoms with Crippen LogP contribution in [0.1, 0.15) is 10.4 Å². The van der Waals surface area contributed by atoms with E-state index in [-0.39, 0.29) is 18.1 Å². The van der Waals surface area contributed by atoms with Crippen LogP contribution in [0, 0.1) is 0 Å². The highest BCUT2D eigenvalue weighted by Crippen LogP contribution is 2.24.